The summed E-state index contributed by atoms with van der Waals surface area (Å²) in [6.45, 7) is 7.43. The molecule has 0 bridgehead atoms. The molecular weight excluding hydrogens is 276 g/mol. The molecule has 3 nitrogen and oxygen atoms in total. The first-order valence-corrected chi connectivity index (χ1v) is 7.60. The van der Waals surface area contributed by atoms with Crippen LogP contribution in [-0.4, -0.2) is 20.3 Å². The monoisotopic (exact) mass is 300 g/mol. The zero-order valence-corrected chi connectivity index (χ0v) is 13.8. The van der Waals surface area contributed by atoms with Crippen molar-refractivity contribution < 1.29 is 14.2 Å². The van der Waals surface area contributed by atoms with Gasteiger partial charge < -0.3 is 14.2 Å². The zero-order valence-electron chi connectivity index (χ0n) is 13.8. The van der Waals surface area contributed by atoms with Gasteiger partial charge in [-0.25, -0.2) is 0 Å². The van der Waals surface area contributed by atoms with Crippen LogP contribution in [0.25, 0.3) is 0 Å². The number of benzene rings is 2. The van der Waals surface area contributed by atoms with E-state index in [2.05, 4.69) is 39.0 Å². The van der Waals surface area contributed by atoms with Crippen LogP contribution in [0.1, 0.15) is 30.9 Å². The van der Waals surface area contributed by atoms with Crippen molar-refractivity contribution in [1.82, 2.24) is 0 Å². The lowest BCUT2D eigenvalue weighted by atomic mass is 10.0. The molecule has 0 radical (unpaired) electrons. The van der Waals surface area contributed by atoms with Crippen LogP contribution in [0.2, 0.25) is 0 Å². The van der Waals surface area contributed by atoms with Crippen LogP contribution in [0.3, 0.4) is 0 Å². The van der Waals surface area contributed by atoms with Crippen molar-refractivity contribution in [2.45, 2.75) is 26.7 Å². The lowest BCUT2D eigenvalue weighted by Crippen LogP contribution is -2.10. The first kappa shape index (κ1) is 16.2. The van der Waals surface area contributed by atoms with E-state index in [1.54, 1.807) is 7.11 Å². The number of rotatable bonds is 7. The van der Waals surface area contributed by atoms with E-state index in [-0.39, 0.29) is 0 Å². The SMILES string of the molecule is COc1cccc(OCCOc2cc(C(C)C)ccc2C)c1. The van der Waals surface area contributed by atoms with Crippen LogP contribution in [0, 0.1) is 6.92 Å². The Morgan fingerprint density at radius 3 is 2.36 bits per heavy atom. The highest BCUT2D eigenvalue weighted by molar-refractivity contribution is 5.37. The largest absolute Gasteiger partial charge is 0.497 e. The predicted molar refractivity (Wildman–Crippen MR) is 89.3 cm³/mol. The lowest BCUT2D eigenvalue weighted by Gasteiger charge is -2.13. The fourth-order valence-electron chi connectivity index (χ4n) is 2.13. The Hall–Kier alpha value is -2.16. The summed E-state index contributed by atoms with van der Waals surface area (Å²) in [7, 11) is 1.65. The van der Waals surface area contributed by atoms with Gasteiger partial charge in [-0.05, 0) is 42.2 Å². The molecule has 0 fully saturated rings. The summed E-state index contributed by atoms with van der Waals surface area (Å²) in [6.07, 6.45) is 0. The summed E-state index contributed by atoms with van der Waals surface area (Å²) in [6, 6.07) is 14.0. The zero-order chi connectivity index (χ0) is 15.9. The van der Waals surface area contributed by atoms with Gasteiger partial charge in [0.15, 0.2) is 0 Å². The van der Waals surface area contributed by atoms with Crippen molar-refractivity contribution in [3.05, 3.63) is 53.6 Å². The summed E-state index contributed by atoms with van der Waals surface area (Å²) in [4.78, 5) is 0. The third-order valence-corrected chi connectivity index (χ3v) is 3.53. The molecule has 0 amide bonds. The number of ether oxygens (including phenoxy) is 3. The van der Waals surface area contributed by atoms with E-state index in [1.807, 2.05) is 24.3 Å². The maximum atomic E-state index is 5.85. The second-order valence-corrected chi connectivity index (χ2v) is 5.56. The van der Waals surface area contributed by atoms with Crippen LogP contribution in [-0.2, 0) is 0 Å². The van der Waals surface area contributed by atoms with Gasteiger partial charge in [-0.1, -0.05) is 32.0 Å². The predicted octanol–water partition coefficient (Wildman–Crippen LogP) is 4.58. The van der Waals surface area contributed by atoms with E-state index in [4.69, 9.17) is 14.2 Å². The van der Waals surface area contributed by atoms with Gasteiger partial charge in [-0.3, -0.25) is 0 Å². The maximum Gasteiger partial charge on any atom is 0.123 e. The fraction of sp³-hybridized carbons (Fsp3) is 0.368. The van der Waals surface area contributed by atoms with Gasteiger partial charge in [0, 0.05) is 6.07 Å². The molecule has 3 heteroatoms. The summed E-state index contributed by atoms with van der Waals surface area (Å²) >= 11 is 0. The minimum absolute atomic E-state index is 0.496. The second kappa shape index (κ2) is 7.74. The molecule has 0 aromatic heterocycles. The average molecular weight is 300 g/mol. The molecule has 0 saturated heterocycles. The molecule has 118 valence electrons. The van der Waals surface area contributed by atoms with Gasteiger partial charge in [0.1, 0.15) is 30.5 Å². The average Bonchev–Trinajstić information content (AvgIpc) is 2.53. The number of methoxy groups -OCH3 is 1. The van der Waals surface area contributed by atoms with Gasteiger partial charge >= 0.3 is 0 Å². The first-order valence-electron chi connectivity index (χ1n) is 7.60. The van der Waals surface area contributed by atoms with E-state index in [0.29, 0.717) is 19.1 Å². The van der Waals surface area contributed by atoms with E-state index in [9.17, 15) is 0 Å². The summed E-state index contributed by atoms with van der Waals surface area (Å²) < 4.78 is 16.7. The van der Waals surface area contributed by atoms with Crippen molar-refractivity contribution in [3.8, 4) is 17.2 Å². The smallest absolute Gasteiger partial charge is 0.123 e. The van der Waals surface area contributed by atoms with E-state index >= 15 is 0 Å². The minimum Gasteiger partial charge on any atom is -0.497 e. The van der Waals surface area contributed by atoms with Crippen molar-refractivity contribution in [3.63, 3.8) is 0 Å². The van der Waals surface area contributed by atoms with Gasteiger partial charge in [-0.2, -0.15) is 0 Å². The van der Waals surface area contributed by atoms with Crippen molar-refractivity contribution in [1.29, 1.82) is 0 Å². The van der Waals surface area contributed by atoms with E-state index in [0.717, 1.165) is 22.8 Å². The molecule has 0 saturated carbocycles. The van der Waals surface area contributed by atoms with Crippen LogP contribution in [0.5, 0.6) is 17.2 Å². The Kier molecular flexibility index (Phi) is 5.70. The lowest BCUT2D eigenvalue weighted by molar-refractivity contribution is 0.215. The molecule has 0 aliphatic carbocycles. The van der Waals surface area contributed by atoms with Crippen molar-refractivity contribution in [2.24, 2.45) is 0 Å². The molecular formula is C19H24O3. The van der Waals surface area contributed by atoms with Crippen LogP contribution in [0.4, 0.5) is 0 Å². The number of hydrogen-bond donors (Lipinski definition) is 0. The number of hydrogen-bond acceptors (Lipinski definition) is 3. The maximum absolute atomic E-state index is 5.85. The molecule has 2 aromatic rings. The van der Waals surface area contributed by atoms with Gasteiger partial charge in [0.05, 0.1) is 7.11 Å². The van der Waals surface area contributed by atoms with Gasteiger partial charge in [-0.15, -0.1) is 0 Å². The molecule has 0 heterocycles. The number of aryl methyl sites for hydroxylation is 1. The third kappa shape index (κ3) is 4.42. The van der Waals surface area contributed by atoms with Crippen LogP contribution >= 0.6 is 0 Å². The van der Waals surface area contributed by atoms with Gasteiger partial charge in [0.2, 0.25) is 0 Å². The Labute approximate surface area is 132 Å². The van der Waals surface area contributed by atoms with Crippen molar-refractivity contribution >= 4 is 0 Å². The third-order valence-electron chi connectivity index (χ3n) is 3.53. The minimum atomic E-state index is 0.496. The fourth-order valence-corrected chi connectivity index (χ4v) is 2.13. The van der Waals surface area contributed by atoms with Crippen molar-refractivity contribution in [2.75, 3.05) is 20.3 Å². The molecule has 0 atom stereocenters. The summed E-state index contributed by atoms with van der Waals surface area (Å²) in [5, 5.41) is 0. The normalized spacial score (nSPS) is 10.6. The van der Waals surface area contributed by atoms with Crippen LogP contribution < -0.4 is 14.2 Å². The van der Waals surface area contributed by atoms with Crippen LogP contribution in [0.15, 0.2) is 42.5 Å². The summed E-state index contributed by atoms with van der Waals surface area (Å²) in [5.74, 6) is 3.01. The molecule has 0 unspecified atom stereocenters. The highest BCUT2D eigenvalue weighted by Gasteiger charge is 2.05. The molecule has 0 N–H and O–H groups in total. The Morgan fingerprint density at radius 1 is 0.909 bits per heavy atom. The quantitative estimate of drug-likeness (QED) is 0.700. The Balaban J connectivity index is 1.87. The second-order valence-electron chi connectivity index (χ2n) is 5.56. The topological polar surface area (TPSA) is 27.7 Å². The molecule has 0 aliphatic heterocycles. The molecule has 2 rings (SSSR count). The molecule has 0 aliphatic rings. The van der Waals surface area contributed by atoms with Gasteiger partial charge in [0.25, 0.3) is 0 Å². The standard InChI is InChI=1S/C19H24O3/c1-14(2)16-9-8-15(3)19(12-16)22-11-10-21-18-7-5-6-17(13-18)20-4/h5-9,12-14H,10-11H2,1-4H3. The molecule has 0 spiro atoms. The summed E-state index contributed by atoms with van der Waals surface area (Å²) in [5.41, 5.74) is 2.43. The van der Waals surface area contributed by atoms with E-state index in [1.165, 1.54) is 5.56 Å². The van der Waals surface area contributed by atoms with E-state index < -0.39 is 0 Å². The molecule has 22 heavy (non-hydrogen) atoms. The Bertz CT molecular complexity index is 605. The highest BCUT2D eigenvalue weighted by Crippen LogP contribution is 2.24. The Morgan fingerprint density at radius 2 is 1.64 bits per heavy atom. The highest BCUT2D eigenvalue weighted by atomic mass is 16.5. The first-order chi connectivity index (χ1) is 10.6. The molecule has 2 aromatic carbocycles.